The van der Waals surface area contributed by atoms with E-state index in [-0.39, 0.29) is 0 Å². The van der Waals surface area contributed by atoms with Crippen molar-refractivity contribution in [1.29, 1.82) is 0 Å². The van der Waals surface area contributed by atoms with Gasteiger partial charge in [-0.25, -0.2) is 0 Å². The topological polar surface area (TPSA) is 60.1 Å². The Kier molecular flexibility index (Phi) is 5.72. The number of piperidine rings is 1. The molecular formula is C20H32N6. The largest absolute Gasteiger partial charge is 0.370 e. The maximum absolute atomic E-state index is 6.17. The minimum Gasteiger partial charge on any atom is -0.370 e. The second-order valence-electron chi connectivity index (χ2n) is 7.90. The molecule has 26 heavy (non-hydrogen) atoms. The fourth-order valence-corrected chi connectivity index (χ4v) is 4.43. The minimum atomic E-state index is 0.456. The number of guanidine groups is 1. The number of piperazine rings is 3. The molecule has 3 N–H and O–H groups in total. The van der Waals surface area contributed by atoms with E-state index in [2.05, 4.69) is 55.3 Å². The maximum Gasteiger partial charge on any atom is 0.188 e. The normalized spacial score (nSPS) is 30.5. The van der Waals surface area contributed by atoms with Gasteiger partial charge in [0.25, 0.3) is 0 Å². The van der Waals surface area contributed by atoms with Gasteiger partial charge >= 0.3 is 0 Å². The summed E-state index contributed by atoms with van der Waals surface area (Å²) >= 11 is 0. The number of rotatable bonds is 5. The number of benzene rings is 1. The van der Waals surface area contributed by atoms with Gasteiger partial charge in [-0.15, -0.1) is 0 Å². The lowest BCUT2D eigenvalue weighted by molar-refractivity contribution is 0.0174. The summed E-state index contributed by atoms with van der Waals surface area (Å²) in [4.78, 5) is 12.3. The van der Waals surface area contributed by atoms with Gasteiger partial charge < -0.3 is 11.1 Å². The van der Waals surface area contributed by atoms with Crippen molar-refractivity contribution >= 4 is 5.96 Å². The van der Waals surface area contributed by atoms with Crippen LogP contribution in [0.1, 0.15) is 18.4 Å². The van der Waals surface area contributed by atoms with Gasteiger partial charge in [-0.2, -0.15) is 0 Å². The van der Waals surface area contributed by atoms with Crippen molar-refractivity contribution in [2.24, 2.45) is 10.7 Å². The molecule has 4 saturated heterocycles. The highest BCUT2D eigenvalue weighted by Gasteiger charge is 2.31. The number of fused-ring (bicyclic) bond motifs is 3. The quantitative estimate of drug-likeness (QED) is 0.596. The highest BCUT2D eigenvalue weighted by molar-refractivity contribution is 5.78. The van der Waals surface area contributed by atoms with Crippen molar-refractivity contribution in [3.05, 3.63) is 35.9 Å². The Morgan fingerprint density at radius 1 is 1.04 bits per heavy atom. The monoisotopic (exact) mass is 356 g/mol. The van der Waals surface area contributed by atoms with E-state index >= 15 is 0 Å². The van der Waals surface area contributed by atoms with E-state index in [4.69, 9.17) is 5.73 Å². The van der Waals surface area contributed by atoms with Crippen molar-refractivity contribution in [2.45, 2.75) is 31.5 Å². The summed E-state index contributed by atoms with van der Waals surface area (Å²) in [6.07, 6.45) is 2.26. The summed E-state index contributed by atoms with van der Waals surface area (Å²) < 4.78 is 0. The second-order valence-corrected chi connectivity index (χ2v) is 7.90. The van der Waals surface area contributed by atoms with Gasteiger partial charge in [0.2, 0.25) is 0 Å². The molecule has 6 nitrogen and oxygen atoms in total. The van der Waals surface area contributed by atoms with Gasteiger partial charge in [0, 0.05) is 64.4 Å². The molecule has 1 aromatic carbocycles. The van der Waals surface area contributed by atoms with E-state index in [1.54, 1.807) is 0 Å². The Hall–Kier alpha value is -1.63. The fraction of sp³-hybridized carbons (Fsp3) is 0.650. The Bertz CT molecular complexity index is 588. The minimum absolute atomic E-state index is 0.456. The van der Waals surface area contributed by atoms with Gasteiger partial charge in [0.1, 0.15) is 0 Å². The molecule has 5 rings (SSSR count). The molecule has 0 amide bonds. The summed E-state index contributed by atoms with van der Waals surface area (Å²) in [6, 6.07) is 11.7. The maximum atomic E-state index is 6.17. The molecule has 0 spiro atoms. The first-order valence-corrected chi connectivity index (χ1v) is 10.1. The zero-order chi connectivity index (χ0) is 17.8. The van der Waals surface area contributed by atoms with Crippen LogP contribution in [-0.2, 0) is 6.54 Å². The lowest BCUT2D eigenvalue weighted by Crippen LogP contribution is -2.62. The third-order valence-corrected chi connectivity index (χ3v) is 6.05. The molecule has 0 aromatic heterocycles. The van der Waals surface area contributed by atoms with Crippen molar-refractivity contribution in [1.82, 2.24) is 20.0 Å². The summed E-state index contributed by atoms with van der Waals surface area (Å²) in [6.45, 7) is 10.1. The predicted molar refractivity (Wildman–Crippen MR) is 106 cm³/mol. The van der Waals surface area contributed by atoms with Gasteiger partial charge in [0.05, 0.1) is 6.54 Å². The highest BCUT2D eigenvalue weighted by atomic mass is 15.3. The summed E-state index contributed by atoms with van der Waals surface area (Å²) in [5, 5.41) is 3.46. The summed E-state index contributed by atoms with van der Waals surface area (Å²) in [5.74, 6) is 0.629. The third kappa shape index (κ3) is 4.55. The standard InChI is InChI=1S/C20H32N6/c21-20(22-14-19-16-25-10-12-26(19)13-11-25)23-18-6-8-24(9-7-18)15-17-4-2-1-3-5-17/h1-5,18-19H,6-16H2,(H3,21,22,23). The Morgan fingerprint density at radius 3 is 2.42 bits per heavy atom. The van der Waals surface area contributed by atoms with E-state index < -0.39 is 0 Å². The number of likely N-dealkylation sites (tertiary alicyclic amines) is 1. The van der Waals surface area contributed by atoms with Crippen molar-refractivity contribution in [2.75, 3.05) is 52.4 Å². The molecule has 4 aliphatic rings. The number of nitrogens with one attached hydrogen (secondary N) is 1. The van der Waals surface area contributed by atoms with Gasteiger partial charge in [-0.1, -0.05) is 30.3 Å². The van der Waals surface area contributed by atoms with Crippen LogP contribution >= 0.6 is 0 Å². The molecule has 4 aliphatic heterocycles. The molecule has 1 unspecified atom stereocenters. The van der Waals surface area contributed by atoms with E-state index in [1.807, 2.05) is 0 Å². The predicted octanol–water partition coefficient (Wildman–Crippen LogP) is 0.555. The van der Waals surface area contributed by atoms with Crippen LogP contribution in [0.25, 0.3) is 0 Å². The van der Waals surface area contributed by atoms with Crippen molar-refractivity contribution in [3.63, 3.8) is 0 Å². The first kappa shape index (κ1) is 17.8. The molecule has 4 heterocycles. The van der Waals surface area contributed by atoms with E-state index in [0.29, 0.717) is 18.0 Å². The highest BCUT2D eigenvalue weighted by Crippen LogP contribution is 2.16. The van der Waals surface area contributed by atoms with Crippen LogP contribution in [0.5, 0.6) is 0 Å². The van der Waals surface area contributed by atoms with E-state index in [0.717, 1.165) is 45.6 Å². The fourth-order valence-electron chi connectivity index (χ4n) is 4.43. The number of hydrogen-bond donors (Lipinski definition) is 2. The molecule has 0 aliphatic carbocycles. The van der Waals surface area contributed by atoms with Crippen LogP contribution < -0.4 is 11.1 Å². The SMILES string of the molecule is NC(=NCC1CN2CCN1CC2)NC1CCN(Cc2ccccc2)CC1. The van der Waals surface area contributed by atoms with Crippen LogP contribution in [0.4, 0.5) is 0 Å². The molecule has 4 fully saturated rings. The summed E-state index contributed by atoms with van der Waals surface area (Å²) in [7, 11) is 0. The number of nitrogens with two attached hydrogens (primary N) is 1. The smallest absolute Gasteiger partial charge is 0.188 e. The number of hydrogen-bond acceptors (Lipinski definition) is 4. The summed E-state index contributed by atoms with van der Waals surface area (Å²) in [5.41, 5.74) is 7.57. The zero-order valence-corrected chi connectivity index (χ0v) is 15.7. The molecule has 2 bridgehead atoms. The van der Waals surface area contributed by atoms with Crippen LogP contribution in [0, 0.1) is 0 Å². The average Bonchev–Trinajstić information content (AvgIpc) is 2.70. The van der Waals surface area contributed by atoms with E-state index in [1.165, 1.54) is 31.7 Å². The van der Waals surface area contributed by atoms with E-state index in [9.17, 15) is 0 Å². The molecular weight excluding hydrogens is 324 g/mol. The first-order chi connectivity index (χ1) is 12.8. The van der Waals surface area contributed by atoms with Gasteiger partial charge in [-0.05, 0) is 18.4 Å². The van der Waals surface area contributed by atoms with Crippen LogP contribution in [-0.4, -0.2) is 85.1 Å². The lowest BCUT2D eigenvalue weighted by atomic mass is 10.0. The van der Waals surface area contributed by atoms with Crippen LogP contribution in [0.3, 0.4) is 0 Å². The number of aliphatic imine (C=N–C) groups is 1. The molecule has 1 atom stereocenters. The molecule has 6 heteroatoms. The molecule has 0 saturated carbocycles. The first-order valence-electron chi connectivity index (χ1n) is 10.1. The molecule has 0 radical (unpaired) electrons. The third-order valence-electron chi connectivity index (χ3n) is 6.05. The Labute approximate surface area is 157 Å². The molecule has 1 aromatic rings. The van der Waals surface area contributed by atoms with Crippen molar-refractivity contribution < 1.29 is 0 Å². The Balaban J connectivity index is 1.19. The molecule has 142 valence electrons. The number of nitrogens with zero attached hydrogens (tertiary/aromatic N) is 4. The van der Waals surface area contributed by atoms with Crippen LogP contribution in [0.15, 0.2) is 35.3 Å². The van der Waals surface area contributed by atoms with Gasteiger partial charge in [-0.3, -0.25) is 19.7 Å². The zero-order valence-electron chi connectivity index (χ0n) is 15.7. The second kappa shape index (κ2) is 8.37. The average molecular weight is 357 g/mol. The lowest BCUT2D eigenvalue weighted by Gasteiger charge is -2.47. The van der Waals surface area contributed by atoms with Gasteiger partial charge in [0.15, 0.2) is 5.96 Å². The van der Waals surface area contributed by atoms with Crippen LogP contribution in [0.2, 0.25) is 0 Å². The Morgan fingerprint density at radius 2 is 1.77 bits per heavy atom. The van der Waals surface area contributed by atoms with Crippen molar-refractivity contribution in [3.8, 4) is 0 Å².